The van der Waals surface area contributed by atoms with E-state index in [-0.39, 0.29) is 11.3 Å². The third-order valence-corrected chi connectivity index (χ3v) is 5.45. The quantitative estimate of drug-likeness (QED) is 0.515. The third kappa shape index (κ3) is 3.42. The van der Waals surface area contributed by atoms with E-state index in [0.29, 0.717) is 35.1 Å². The average Bonchev–Trinajstić information content (AvgIpc) is 2.80. The predicted octanol–water partition coefficient (Wildman–Crippen LogP) is 3.77. The van der Waals surface area contributed by atoms with Crippen LogP contribution in [0.25, 0.3) is 21.8 Å². The molecule has 0 atom stereocenters. The molecule has 6 nitrogen and oxygen atoms in total. The van der Waals surface area contributed by atoms with Gasteiger partial charge in [-0.1, -0.05) is 18.2 Å². The van der Waals surface area contributed by atoms with Crippen LogP contribution in [0.1, 0.15) is 10.4 Å². The number of fused-ring (bicyclic) bond motifs is 2. The molecule has 3 aromatic carbocycles. The SMILES string of the molecule is O=C(Nc1cccc(N2CCOCC2)c1)c1ccc2[nH]c3ccccc3c(=O)c2c1. The summed E-state index contributed by atoms with van der Waals surface area (Å²) >= 11 is 0. The Labute approximate surface area is 173 Å². The average molecular weight is 399 g/mol. The number of para-hydroxylation sites is 1. The number of hydrogen-bond acceptors (Lipinski definition) is 4. The molecular weight excluding hydrogens is 378 g/mol. The molecule has 1 amide bonds. The van der Waals surface area contributed by atoms with Crippen molar-refractivity contribution in [2.45, 2.75) is 0 Å². The van der Waals surface area contributed by atoms with E-state index in [2.05, 4.69) is 15.2 Å². The van der Waals surface area contributed by atoms with Gasteiger partial charge in [0.15, 0.2) is 5.43 Å². The fraction of sp³-hybridized carbons (Fsp3) is 0.167. The summed E-state index contributed by atoms with van der Waals surface area (Å²) < 4.78 is 5.41. The van der Waals surface area contributed by atoms with Crippen molar-refractivity contribution in [3.63, 3.8) is 0 Å². The van der Waals surface area contributed by atoms with E-state index in [1.165, 1.54) is 0 Å². The molecule has 150 valence electrons. The fourth-order valence-corrected chi connectivity index (χ4v) is 3.87. The molecule has 0 radical (unpaired) electrons. The zero-order chi connectivity index (χ0) is 20.5. The number of H-pyrrole nitrogens is 1. The molecule has 0 unspecified atom stereocenters. The molecule has 6 heteroatoms. The van der Waals surface area contributed by atoms with Crippen molar-refractivity contribution in [1.82, 2.24) is 4.98 Å². The van der Waals surface area contributed by atoms with E-state index in [1.807, 2.05) is 42.5 Å². The molecular formula is C24H21N3O3. The normalized spacial score (nSPS) is 14.2. The van der Waals surface area contributed by atoms with Crippen molar-refractivity contribution in [3.05, 3.63) is 82.5 Å². The first-order chi connectivity index (χ1) is 14.7. The van der Waals surface area contributed by atoms with Gasteiger partial charge >= 0.3 is 0 Å². The molecule has 30 heavy (non-hydrogen) atoms. The number of anilines is 2. The summed E-state index contributed by atoms with van der Waals surface area (Å²) in [5.74, 6) is -0.247. The molecule has 2 N–H and O–H groups in total. The number of carbonyl (C=O) groups is 1. The van der Waals surface area contributed by atoms with Crippen LogP contribution in [0.5, 0.6) is 0 Å². The summed E-state index contributed by atoms with van der Waals surface area (Å²) in [5.41, 5.74) is 3.63. The van der Waals surface area contributed by atoms with Gasteiger partial charge in [-0.05, 0) is 48.5 Å². The number of nitrogens with one attached hydrogen (secondary N) is 2. The van der Waals surface area contributed by atoms with Gasteiger partial charge in [0.25, 0.3) is 5.91 Å². The summed E-state index contributed by atoms with van der Waals surface area (Å²) in [6, 6.07) is 20.3. The second-order valence-corrected chi connectivity index (χ2v) is 7.36. The molecule has 1 saturated heterocycles. The number of amides is 1. The van der Waals surface area contributed by atoms with Gasteiger partial charge in [0.1, 0.15) is 0 Å². The van der Waals surface area contributed by atoms with Crippen molar-refractivity contribution >= 4 is 39.1 Å². The number of hydrogen-bond donors (Lipinski definition) is 2. The summed E-state index contributed by atoms with van der Waals surface area (Å²) in [6.45, 7) is 3.07. The number of pyridine rings is 1. The van der Waals surface area contributed by atoms with Crippen molar-refractivity contribution in [2.75, 3.05) is 36.5 Å². The Morgan fingerprint density at radius 1 is 0.900 bits per heavy atom. The van der Waals surface area contributed by atoms with E-state index < -0.39 is 0 Å². The van der Waals surface area contributed by atoms with Gasteiger partial charge in [-0.3, -0.25) is 9.59 Å². The maximum atomic E-state index is 12.9. The standard InChI is InChI=1S/C24H21N3O3/c28-23-19-6-1-2-7-21(19)26-22-9-8-16(14-20(22)23)24(29)25-17-4-3-5-18(15-17)27-10-12-30-13-11-27/h1-9,14-15H,10-13H2,(H,25,29)(H,26,28). The van der Waals surface area contributed by atoms with Crippen molar-refractivity contribution in [1.29, 1.82) is 0 Å². The molecule has 1 aromatic heterocycles. The lowest BCUT2D eigenvalue weighted by Crippen LogP contribution is -2.36. The molecule has 1 aliphatic rings. The Morgan fingerprint density at radius 3 is 2.57 bits per heavy atom. The fourth-order valence-electron chi connectivity index (χ4n) is 3.87. The van der Waals surface area contributed by atoms with E-state index in [0.717, 1.165) is 30.0 Å². The largest absolute Gasteiger partial charge is 0.378 e. The van der Waals surface area contributed by atoms with E-state index in [9.17, 15) is 9.59 Å². The topological polar surface area (TPSA) is 74.4 Å². The monoisotopic (exact) mass is 399 g/mol. The number of benzene rings is 3. The molecule has 0 saturated carbocycles. The number of aromatic amines is 1. The molecule has 0 aliphatic carbocycles. The van der Waals surface area contributed by atoms with Crippen LogP contribution >= 0.6 is 0 Å². The first-order valence-corrected chi connectivity index (χ1v) is 9.98. The maximum absolute atomic E-state index is 12.9. The minimum absolute atomic E-state index is 0.0803. The summed E-state index contributed by atoms with van der Waals surface area (Å²) in [5, 5.41) is 4.06. The van der Waals surface area contributed by atoms with Gasteiger partial charge in [0, 0.05) is 51.8 Å². The number of rotatable bonds is 3. The Balaban J connectivity index is 1.44. The lowest BCUT2D eigenvalue weighted by Gasteiger charge is -2.29. The highest BCUT2D eigenvalue weighted by molar-refractivity contribution is 6.07. The van der Waals surface area contributed by atoms with Crippen molar-refractivity contribution in [2.24, 2.45) is 0 Å². The summed E-state index contributed by atoms with van der Waals surface area (Å²) in [6.07, 6.45) is 0. The lowest BCUT2D eigenvalue weighted by molar-refractivity contribution is 0.102. The zero-order valence-corrected chi connectivity index (χ0v) is 16.4. The van der Waals surface area contributed by atoms with Crippen LogP contribution in [0.3, 0.4) is 0 Å². The third-order valence-electron chi connectivity index (χ3n) is 5.45. The Hall–Kier alpha value is -3.64. The van der Waals surface area contributed by atoms with Gasteiger partial charge in [-0.2, -0.15) is 0 Å². The molecule has 5 rings (SSSR count). The van der Waals surface area contributed by atoms with Gasteiger partial charge in [-0.25, -0.2) is 0 Å². The second kappa shape index (κ2) is 7.65. The highest BCUT2D eigenvalue weighted by Crippen LogP contribution is 2.22. The van der Waals surface area contributed by atoms with E-state index >= 15 is 0 Å². The summed E-state index contributed by atoms with van der Waals surface area (Å²) in [7, 11) is 0. The predicted molar refractivity (Wildman–Crippen MR) is 120 cm³/mol. The van der Waals surface area contributed by atoms with E-state index in [4.69, 9.17) is 4.74 Å². The lowest BCUT2D eigenvalue weighted by atomic mass is 10.1. The number of morpholine rings is 1. The molecule has 4 aromatic rings. The highest BCUT2D eigenvalue weighted by atomic mass is 16.5. The molecule has 1 aliphatic heterocycles. The first kappa shape index (κ1) is 18.4. The zero-order valence-electron chi connectivity index (χ0n) is 16.4. The second-order valence-electron chi connectivity index (χ2n) is 7.36. The molecule has 1 fully saturated rings. The number of aromatic nitrogens is 1. The number of nitrogens with zero attached hydrogens (tertiary/aromatic N) is 1. The van der Waals surface area contributed by atoms with Crippen LogP contribution in [0.2, 0.25) is 0 Å². The van der Waals surface area contributed by atoms with Crippen molar-refractivity contribution in [3.8, 4) is 0 Å². The van der Waals surface area contributed by atoms with Gasteiger partial charge in [0.05, 0.1) is 13.2 Å². The minimum Gasteiger partial charge on any atom is -0.378 e. The van der Waals surface area contributed by atoms with E-state index in [1.54, 1.807) is 24.3 Å². The minimum atomic E-state index is -0.247. The molecule has 0 spiro atoms. The number of carbonyl (C=O) groups excluding carboxylic acids is 1. The van der Waals surface area contributed by atoms with Crippen LogP contribution in [0.15, 0.2) is 71.5 Å². The maximum Gasteiger partial charge on any atom is 0.255 e. The molecule has 0 bridgehead atoms. The van der Waals surface area contributed by atoms with Gasteiger partial charge in [0.2, 0.25) is 0 Å². The first-order valence-electron chi connectivity index (χ1n) is 9.98. The van der Waals surface area contributed by atoms with Crippen LogP contribution in [-0.2, 0) is 4.74 Å². The van der Waals surface area contributed by atoms with Gasteiger partial charge in [-0.15, -0.1) is 0 Å². The van der Waals surface area contributed by atoms with Gasteiger partial charge < -0.3 is 19.9 Å². The Morgan fingerprint density at radius 2 is 1.70 bits per heavy atom. The van der Waals surface area contributed by atoms with Crippen LogP contribution in [0, 0.1) is 0 Å². The van der Waals surface area contributed by atoms with Crippen molar-refractivity contribution < 1.29 is 9.53 Å². The van der Waals surface area contributed by atoms with Crippen LogP contribution in [-0.4, -0.2) is 37.2 Å². The van der Waals surface area contributed by atoms with Crippen LogP contribution < -0.4 is 15.6 Å². The highest BCUT2D eigenvalue weighted by Gasteiger charge is 2.14. The molecule has 2 heterocycles. The Kier molecular flexibility index (Phi) is 4.69. The number of ether oxygens (including phenoxy) is 1. The summed E-state index contributed by atoms with van der Waals surface area (Å²) in [4.78, 5) is 31.2. The van der Waals surface area contributed by atoms with Crippen LogP contribution in [0.4, 0.5) is 11.4 Å². The Bertz CT molecular complexity index is 1310. The smallest absolute Gasteiger partial charge is 0.255 e.